The molecule has 0 spiro atoms. The van der Waals surface area contributed by atoms with E-state index in [4.69, 9.17) is 4.42 Å². The molecule has 2 aromatic rings. The van der Waals surface area contributed by atoms with Crippen molar-refractivity contribution in [3.8, 4) is 0 Å². The van der Waals surface area contributed by atoms with Crippen molar-refractivity contribution in [1.29, 1.82) is 0 Å². The summed E-state index contributed by atoms with van der Waals surface area (Å²) in [6.45, 7) is 2.33. The van der Waals surface area contributed by atoms with E-state index >= 15 is 0 Å². The first-order valence-corrected chi connectivity index (χ1v) is 5.70. The molecule has 16 heavy (non-hydrogen) atoms. The maximum Gasteiger partial charge on any atom is 0.265 e. The molecule has 1 amide bonds. The highest BCUT2D eigenvalue weighted by Crippen LogP contribution is 2.11. The Kier molecular flexibility index (Phi) is 3.31. The Balaban J connectivity index is 1.98. The molecule has 2 rings (SSSR count). The first-order chi connectivity index (χ1) is 7.81. The summed E-state index contributed by atoms with van der Waals surface area (Å²) < 4.78 is 8.88. The smallest absolute Gasteiger partial charge is 0.265 e. The van der Waals surface area contributed by atoms with Crippen LogP contribution in [0.4, 0.5) is 0 Å². The molecular weight excluding hydrogens is 226 g/mol. The molecule has 0 bridgehead atoms. The van der Waals surface area contributed by atoms with E-state index in [1.165, 1.54) is 0 Å². The van der Waals surface area contributed by atoms with Gasteiger partial charge in [-0.25, -0.2) is 0 Å². The van der Waals surface area contributed by atoms with Crippen LogP contribution < -0.4 is 5.32 Å². The van der Waals surface area contributed by atoms with Crippen molar-refractivity contribution in [1.82, 2.24) is 14.9 Å². The number of hydrogen-bond acceptors (Lipinski definition) is 5. The average Bonchev–Trinajstić information content (AvgIpc) is 2.96. The van der Waals surface area contributed by atoms with Gasteiger partial charge in [-0.15, -0.1) is 5.10 Å². The van der Waals surface area contributed by atoms with E-state index in [0.29, 0.717) is 17.8 Å². The van der Waals surface area contributed by atoms with Gasteiger partial charge in [0.1, 0.15) is 10.6 Å². The average molecular weight is 237 g/mol. The molecule has 5 nitrogen and oxygen atoms in total. The van der Waals surface area contributed by atoms with E-state index in [2.05, 4.69) is 14.9 Å². The first-order valence-electron chi connectivity index (χ1n) is 4.93. The second kappa shape index (κ2) is 4.89. The zero-order valence-electron chi connectivity index (χ0n) is 8.77. The Morgan fingerprint density at radius 3 is 3.19 bits per heavy atom. The molecule has 0 saturated carbocycles. The predicted octanol–water partition coefficient (Wildman–Crippen LogP) is 1.62. The normalized spacial score (nSPS) is 10.3. The molecular formula is C10H11N3O2S. The Morgan fingerprint density at radius 2 is 2.50 bits per heavy atom. The number of aryl methyl sites for hydroxylation is 1. The third-order valence-electron chi connectivity index (χ3n) is 2.10. The van der Waals surface area contributed by atoms with Crippen molar-refractivity contribution in [2.75, 3.05) is 0 Å². The second-order valence-corrected chi connectivity index (χ2v) is 3.92. The van der Waals surface area contributed by atoms with Crippen molar-refractivity contribution in [2.45, 2.75) is 19.9 Å². The number of hydrogen-bond donors (Lipinski definition) is 1. The van der Waals surface area contributed by atoms with Crippen LogP contribution in [0.5, 0.6) is 0 Å². The topological polar surface area (TPSA) is 68.0 Å². The molecule has 2 heterocycles. The largest absolute Gasteiger partial charge is 0.467 e. The van der Waals surface area contributed by atoms with Crippen LogP contribution in [0.1, 0.15) is 28.0 Å². The first kappa shape index (κ1) is 10.8. The summed E-state index contributed by atoms with van der Waals surface area (Å²) >= 11 is 1.12. The second-order valence-electron chi connectivity index (χ2n) is 3.16. The molecule has 0 aliphatic heterocycles. The molecule has 0 aliphatic rings. The van der Waals surface area contributed by atoms with Gasteiger partial charge in [0.25, 0.3) is 5.91 Å². The number of nitrogens with zero attached hydrogens (tertiary/aromatic N) is 2. The van der Waals surface area contributed by atoms with Gasteiger partial charge < -0.3 is 9.73 Å². The minimum Gasteiger partial charge on any atom is -0.467 e. The predicted molar refractivity (Wildman–Crippen MR) is 59.2 cm³/mol. The van der Waals surface area contributed by atoms with Crippen LogP contribution in [0, 0.1) is 0 Å². The molecule has 0 aromatic carbocycles. The molecule has 0 atom stereocenters. The number of rotatable bonds is 4. The highest BCUT2D eigenvalue weighted by Gasteiger charge is 2.14. The van der Waals surface area contributed by atoms with E-state index in [1.807, 2.05) is 13.0 Å². The lowest BCUT2D eigenvalue weighted by Crippen LogP contribution is -2.22. The molecule has 2 aromatic heterocycles. The van der Waals surface area contributed by atoms with Crippen LogP contribution in [0.2, 0.25) is 0 Å². The Morgan fingerprint density at radius 1 is 1.62 bits per heavy atom. The van der Waals surface area contributed by atoms with Gasteiger partial charge in [0.2, 0.25) is 0 Å². The molecule has 0 saturated heterocycles. The molecule has 6 heteroatoms. The lowest BCUT2D eigenvalue weighted by Gasteiger charge is -2.01. The van der Waals surface area contributed by atoms with Crippen molar-refractivity contribution in [3.05, 3.63) is 34.7 Å². The molecule has 0 radical (unpaired) electrons. The number of furan rings is 1. The summed E-state index contributed by atoms with van der Waals surface area (Å²) in [6.07, 6.45) is 2.28. The zero-order chi connectivity index (χ0) is 11.4. The molecule has 0 fully saturated rings. The van der Waals surface area contributed by atoms with Crippen LogP contribution >= 0.6 is 11.5 Å². The summed E-state index contributed by atoms with van der Waals surface area (Å²) in [4.78, 5) is 12.3. The minimum atomic E-state index is -0.150. The van der Waals surface area contributed by atoms with Gasteiger partial charge in [-0.2, -0.15) is 0 Å². The van der Waals surface area contributed by atoms with Crippen LogP contribution in [0.15, 0.2) is 22.8 Å². The Hall–Kier alpha value is -1.69. The molecule has 0 unspecified atom stereocenters. The number of nitrogens with one attached hydrogen (secondary N) is 1. The van der Waals surface area contributed by atoms with Gasteiger partial charge in [0.05, 0.1) is 18.5 Å². The van der Waals surface area contributed by atoms with Crippen molar-refractivity contribution < 1.29 is 9.21 Å². The third kappa shape index (κ3) is 2.27. The number of carbonyl (C=O) groups is 1. The van der Waals surface area contributed by atoms with Gasteiger partial charge in [-0.1, -0.05) is 11.4 Å². The molecule has 84 valence electrons. The highest BCUT2D eigenvalue weighted by atomic mass is 32.1. The van der Waals surface area contributed by atoms with Gasteiger partial charge in [-0.05, 0) is 30.1 Å². The van der Waals surface area contributed by atoms with Gasteiger partial charge in [-0.3, -0.25) is 4.79 Å². The molecule has 0 aliphatic carbocycles. The summed E-state index contributed by atoms with van der Waals surface area (Å²) in [5.74, 6) is 0.576. The zero-order valence-corrected chi connectivity index (χ0v) is 9.58. The van der Waals surface area contributed by atoms with Crippen LogP contribution in [0.25, 0.3) is 0 Å². The number of amides is 1. The van der Waals surface area contributed by atoms with Gasteiger partial charge >= 0.3 is 0 Å². The lowest BCUT2D eigenvalue weighted by atomic mass is 10.3. The Bertz CT molecular complexity index is 464. The number of carbonyl (C=O) groups excluding carboxylic acids is 1. The van der Waals surface area contributed by atoms with Crippen LogP contribution in [-0.2, 0) is 13.0 Å². The van der Waals surface area contributed by atoms with Crippen molar-refractivity contribution >= 4 is 17.4 Å². The quantitative estimate of drug-likeness (QED) is 0.877. The fourth-order valence-corrected chi connectivity index (χ4v) is 1.94. The Labute approximate surface area is 96.6 Å². The number of aromatic nitrogens is 2. The highest BCUT2D eigenvalue weighted by molar-refractivity contribution is 7.08. The summed E-state index contributed by atoms with van der Waals surface area (Å²) in [5.41, 5.74) is 0.738. The minimum absolute atomic E-state index is 0.150. The summed E-state index contributed by atoms with van der Waals surface area (Å²) in [7, 11) is 0. The standard InChI is InChI=1S/C10H11N3O2S/c1-2-8-9(16-13-12-8)10(14)11-6-7-4-3-5-15-7/h3-5H,2,6H2,1H3,(H,11,14). The van der Waals surface area contributed by atoms with E-state index in [9.17, 15) is 4.79 Å². The van der Waals surface area contributed by atoms with E-state index in [-0.39, 0.29) is 5.91 Å². The van der Waals surface area contributed by atoms with Crippen molar-refractivity contribution in [2.24, 2.45) is 0 Å². The molecule has 1 N–H and O–H groups in total. The van der Waals surface area contributed by atoms with Gasteiger partial charge in [0.15, 0.2) is 0 Å². The van der Waals surface area contributed by atoms with E-state index in [0.717, 1.165) is 23.0 Å². The third-order valence-corrected chi connectivity index (χ3v) is 2.87. The van der Waals surface area contributed by atoms with E-state index in [1.54, 1.807) is 12.3 Å². The monoisotopic (exact) mass is 237 g/mol. The maximum atomic E-state index is 11.8. The lowest BCUT2D eigenvalue weighted by molar-refractivity contribution is 0.0951. The van der Waals surface area contributed by atoms with Crippen LogP contribution in [0.3, 0.4) is 0 Å². The maximum absolute atomic E-state index is 11.8. The SMILES string of the molecule is CCc1nnsc1C(=O)NCc1ccco1. The summed E-state index contributed by atoms with van der Waals surface area (Å²) in [6, 6.07) is 3.60. The fourth-order valence-electron chi connectivity index (χ4n) is 1.27. The van der Waals surface area contributed by atoms with Crippen LogP contribution in [-0.4, -0.2) is 15.5 Å². The van der Waals surface area contributed by atoms with Gasteiger partial charge in [0, 0.05) is 0 Å². The van der Waals surface area contributed by atoms with E-state index < -0.39 is 0 Å². The fraction of sp³-hybridized carbons (Fsp3) is 0.300. The van der Waals surface area contributed by atoms with Crippen molar-refractivity contribution in [3.63, 3.8) is 0 Å². The summed E-state index contributed by atoms with van der Waals surface area (Å²) in [5, 5.41) is 6.64.